The van der Waals surface area contributed by atoms with Gasteiger partial charge >= 0.3 is 0 Å². The van der Waals surface area contributed by atoms with Crippen LogP contribution >= 0.6 is 15.9 Å². The van der Waals surface area contributed by atoms with E-state index in [1.165, 1.54) is 12.1 Å². The predicted molar refractivity (Wildman–Crippen MR) is 88.8 cm³/mol. The number of nitrogens with zero attached hydrogens (tertiary/aromatic N) is 3. The highest BCUT2D eigenvalue weighted by Crippen LogP contribution is 2.42. The number of nitrogens with two attached hydrogens (primary N) is 1. The molecule has 2 aliphatic heterocycles. The van der Waals surface area contributed by atoms with Gasteiger partial charge in [0.1, 0.15) is 32.2 Å². The molecule has 0 aliphatic carbocycles. The first-order valence-electron chi connectivity index (χ1n) is 7.09. The topological polar surface area (TPSA) is 80.7 Å². The Balaban J connectivity index is 2.22. The van der Waals surface area contributed by atoms with Gasteiger partial charge in [-0.3, -0.25) is 4.99 Å². The maximum atomic E-state index is 14.3. The van der Waals surface area contributed by atoms with Gasteiger partial charge in [0.2, 0.25) is 0 Å². The molecule has 3 atom stereocenters. The van der Waals surface area contributed by atoms with Gasteiger partial charge in [-0.25, -0.2) is 17.9 Å². The first-order valence-corrected chi connectivity index (χ1v) is 9.56. The third kappa shape index (κ3) is 2.19. The van der Waals surface area contributed by atoms with Crippen LogP contribution in [0.5, 0.6) is 0 Å². The molecule has 2 aliphatic rings. The van der Waals surface area contributed by atoms with Gasteiger partial charge < -0.3 is 5.73 Å². The van der Waals surface area contributed by atoms with Crippen molar-refractivity contribution in [1.82, 2.24) is 4.98 Å². The van der Waals surface area contributed by atoms with Crippen LogP contribution in [-0.2, 0) is 15.3 Å². The first-order chi connectivity index (χ1) is 10.2. The molecular formula is C14H18BrFN4OS. The lowest BCUT2D eigenvalue weighted by atomic mass is 9.96. The molecule has 8 heteroatoms. The van der Waals surface area contributed by atoms with Crippen molar-refractivity contribution in [3.05, 3.63) is 28.2 Å². The van der Waals surface area contributed by atoms with Gasteiger partial charge in [0.05, 0.1) is 15.5 Å². The minimum absolute atomic E-state index is 0.136. The van der Waals surface area contributed by atoms with E-state index in [0.29, 0.717) is 17.6 Å². The summed E-state index contributed by atoms with van der Waals surface area (Å²) in [5.41, 5.74) is 5.23. The molecule has 0 saturated heterocycles. The van der Waals surface area contributed by atoms with Crippen molar-refractivity contribution >= 4 is 31.5 Å². The third-order valence-electron chi connectivity index (χ3n) is 4.52. The molecule has 120 valence electrons. The number of rotatable bonds is 1. The number of halogens is 2. The second-order valence-electron chi connectivity index (χ2n) is 6.21. The van der Waals surface area contributed by atoms with Crippen molar-refractivity contribution in [3.8, 4) is 0 Å². The van der Waals surface area contributed by atoms with Crippen molar-refractivity contribution in [2.45, 2.75) is 37.0 Å². The molecule has 3 heterocycles. The van der Waals surface area contributed by atoms with Crippen molar-refractivity contribution in [3.63, 3.8) is 0 Å². The lowest BCUT2D eigenvalue weighted by Crippen LogP contribution is -2.57. The van der Waals surface area contributed by atoms with E-state index in [0.717, 1.165) is 6.42 Å². The van der Waals surface area contributed by atoms with Gasteiger partial charge in [-0.05, 0) is 54.8 Å². The lowest BCUT2D eigenvalue weighted by Gasteiger charge is -2.43. The summed E-state index contributed by atoms with van der Waals surface area (Å²) in [6.07, 6.45) is 1.53. The minimum Gasteiger partial charge on any atom is -0.386 e. The molecule has 0 radical (unpaired) electrons. The van der Waals surface area contributed by atoms with Crippen LogP contribution in [0.4, 0.5) is 4.39 Å². The molecule has 0 spiro atoms. The number of hydrogen-bond acceptors (Lipinski definition) is 5. The van der Waals surface area contributed by atoms with Crippen LogP contribution in [0.25, 0.3) is 0 Å². The van der Waals surface area contributed by atoms with Crippen LogP contribution in [0.2, 0.25) is 0 Å². The second kappa shape index (κ2) is 4.99. The molecule has 1 aromatic rings. The summed E-state index contributed by atoms with van der Waals surface area (Å²) in [5.74, 6) is -0.0575. The highest BCUT2D eigenvalue weighted by molar-refractivity contribution is 9.10. The summed E-state index contributed by atoms with van der Waals surface area (Å²) in [6, 6.07) is 2.84. The zero-order valence-corrected chi connectivity index (χ0v) is 14.9. The molecular weight excluding hydrogens is 371 g/mol. The Bertz CT molecular complexity index is 789. The molecule has 0 unspecified atom stereocenters. The van der Waals surface area contributed by atoms with E-state index in [-0.39, 0.29) is 17.3 Å². The Morgan fingerprint density at radius 1 is 1.41 bits per heavy atom. The van der Waals surface area contributed by atoms with Gasteiger partial charge in [-0.1, -0.05) is 0 Å². The molecule has 5 nitrogen and oxygen atoms in total. The SMILES string of the molecule is C[C@@]1(c2nc(Br)ccc2F)C[S@@]2(=O)=NCCC[C@]2(C)C(N)=N1. The van der Waals surface area contributed by atoms with Crippen molar-refractivity contribution in [1.29, 1.82) is 0 Å². The van der Waals surface area contributed by atoms with Gasteiger partial charge in [-0.15, -0.1) is 0 Å². The van der Waals surface area contributed by atoms with Crippen LogP contribution in [0.15, 0.2) is 26.1 Å². The summed E-state index contributed by atoms with van der Waals surface area (Å²) in [5, 5.41) is 0. The number of amidine groups is 1. The predicted octanol–water partition coefficient (Wildman–Crippen LogP) is 2.59. The Labute approximate surface area is 137 Å². The molecule has 0 amide bonds. The molecule has 3 rings (SSSR count). The molecule has 0 saturated carbocycles. The average Bonchev–Trinajstić information content (AvgIpc) is 2.43. The zero-order valence-electron chi connectivity index (χ0n) is 12.5. The first kappa shape index (κ1) is 15.9. The van der Waals surface area contributed by atoms with E-state index in [9.17, 15) is 8.60 Å². The zero-order chi connectivity index (χ0) is 16.2. The van der Waals surface area contributed by atoms with E-state index < -0.39 is 25.8 Å². The van der Waals surface area contributed by atoms with Crippen molar-refractivity contribution < 1.29 is 8.60 Å². The van der Waals surface area contributed by atoms with Crippen LogP contribution in [0.1, 0.15) is 32.4 Å². The van der Waals surface area contributed by atoms with Crippen LogP contribution in [0.3, 0.4) is 0 Å². The molecule has 0 bridgehead atoms. The number of pyridine rings is 1. The minimum atomic E-state index is -2.62. The van der Waals surface area contributed by atoms with E-state index in [1.807, 2.05) is 6.92 Å². The highest BCUT2D eigenvalue weighted by Gasteiger charge is 2.51. The number of fused-ring (bicyclic) bond motifs is 1. The van der Waals surface area contributed by atoms with E-state index in [1.54, 1.807) is 6.92 Å². The second-order valence-corrected chi connectivity index (χ2v) is 9.75. The monoisotopic (exact) mass is 388 g/mol. The summed E-state index contributed by atoms with van der Waals surface area (Å²) in [7, 11) is -2.62. The fraction of sp³-hybridized carbons (Fsp3) is 0.571. The van der Waals surface area contributed by atoms with Crippen molar-refractivity contribution in [2.75, 3.05) is 12.3 Å². The smallest absolute Gasteiger partial charge is 0.147 e. The standard InChI is InChI=1S/C14H18BrFN4OS/c1-13(11-9(16)4-5-10(15)19-11)8-22(21)14(2,12(17)20-13)6-3-7-18-22/h4-5H,3,6-8H2,1-2H3,(H2,17,20)/t13-,14+,22-/m0/s1. The summed E-state index contributed by atoms with van der Waals surface area (Å²) in [4.78, 5) is 8.73. The third-order valence-corrected chi connectivity index (χ3v) is 8.34. The van der Waals surface area contributed by atoms with Crippen LogP contribution in [-0.4, -0.2) is 32.1 Å². The Morgan fingerprint density at radius 2 is 2.14 bits per heavy atom. The van der Waals surface area contributed by atoms with Gasteiger partial charge in [0, 0.05) is 6.54 Å². The maximum absolute atomic E-state index is 14.3. The number of aliphatic imine (C=N–C) groups is 1. The van der Waals surface area contributed by atoms with Crippen LogP contribution < -0.4 is 5.73 Å². The number of aromatic nitrogens is 1. The summed E-state index contributed by atoms with van der Waals surface area (Å²) in [6.45, 7) is 4.11. The lowest BCUT2D eigenvalue weighted by molar-refractivity contribution is 0.462. The van der Waals surface area contributed by atoms with Gasteiger partial charge in [-0.2, -0.15) is 0 Å². The molecule has 1 aromatic heterocycles. The van der Waals surface area contributed by atoms with Gasteiger partial charge in [0.25, 0.3) is 0 Å². The Morgan fingerprint density at radius 3 is 2.86 bits per heavy atom. The number of hydrogen-bond donors (Lipinski definition) is 1. The van der Waals surface area contributed by atoms with E-state index in [4.69, 9.17) is 5.73 Å². The van der Waals surface area contributed by atoms with Crippen LogP contribution in [0, 0.1) is 5.82 Å². The summed E-state index contributed by atoms with van der Waals surface area (Å²) >= 11 is 3.24. The summed E-state index contributed by atoms with van der Waals surface area (Å²) < 4.78 is 31.8. The molecule has 0 aromatic carbocycles. The normalized spacial score (nSPS) is 37.9. The Hall–Kier alpha value is -1.02. The quantitative estimate of drug-likeness (QED) is 0.750. The highest BCUT2D eigenvalue weighted by atomic mass is 79.9. The average molecular weight is 389 g/mol. The molecule has 0 fully saturated rings. The fourth-order valence-electron chi connectivity index (χ4n) is 3.14. The van der Waals surface area contributed by atoms with E-state index >= 15 is 0 Å². The Kier molecular flexibility index (Phi) is 3.60. The van der Waals surface area contributed by atoms with Crippen molar-refractivity contribution in [2.24, 2.45) is 15.1 Å². The maximum Gasteiger partial charge on any atom is 0.147 e. The molecule has 2 N–H and O–H groups in total. The fourth-order valence-corrected chi connectivity index (χ4v) is 6.37. The van der Waals surface area contributed by atoms with Gasteiger partial charge in [0.15, 0.2) is 0 Å². The largest absolute Gasteiger partial charge is 0.386 e. The van der Waals surface area contributed by atoms with E-state index in [2.05, 4.69) is 30.3 Å². The molecule has 22 heavy (non-hydrogen) atoms.